The maximum Gasteiger partial charge on any atom is 0.254 e. The lowest BCUT2D eigenvalue weighted by atomic mass is 9.78. The third-order valence-corrected chi connectivity index (χ3v) is 5.67. The van der Waals surface area contributed by atoms with E-state index in [9.17, 15) is 19.2 Å². The van der Waals surface area contributed by atoms with Gasteiger partial charge in [0.1, 0.15) is 5.82 Å². The van der Waals surface area contributed by atoms with Crippen LogP contribution in [-0.2, 0) is 4.79 Å². The number of carbonyl (C=O) groups is 2. The topological polar surface area (TPSA) is 109 Å². The van der Waals surface area contributed by atoms with Crippen molar-refractivity contribution >= 4 is 35.3 Å². The highest BCUT2D eigenvalue weighted by Gasteiger charge is 2.45. The fourth-order valence-corrected chi connectivity index (χ4v) is 4.42. The average Bonchev–Trinajstić information content (AvgIpc) is 2.78. The van der Waals surface area contributed by atoms with Gasteiger partial charge in [0.2, 0.25) is 5.91 Å². The van der Waals surface area contributed by atoms with E-state index in [2.05, 4.69) is 10.6 Å². The average molecular weight is 482 g/mol. The fraction of sp³-hybridized carbons (Fsp3) is 0.280. The van der Waals surface area contributed by atoms with Crippen molar-refractivity contribution in [2.75, 3.05) is 18.9 Å². The Balaban J connectivity index is 2.19. The lowest BCUT2D eigenvalue weighted by Gasteiger charge is -2.42. The molecule has 1 aliphatic rings. The van der Waals surface area contributed by atoms with Crippen molar-refractivity contribution in [3.63, 3.8) is 0 Å². The minimum absolute atomic E-state index is 0.0537. The molecular formula is C25H25ClFN5O2. The van der Waals surface area contributed by atoms with Crippen molar-refractivity contribution in [3.05, 3.63) is 75.7 Å². The molecule has 0 saturated heterocycles. The van der Waals surface area contributed by atoms with Gasteiger partial charge in [-0.05, 0) is 41.8 Å². The minimum Gasteiger partial charge on any atom is -0.394 e. The van der Waals surface area contributed by atoms with Crippen molar-refractivity contribution in [2.45, 2.75) is 25.8 Å². The largest absolute Gasteiger partial charge is 0.394 e. The summed E-state index contributed by atoms with van der Waals surface area (Å²) in [5.74, 6) is -2.36. The van der Waals surface area contributed by atoms with Crippen LogP contribution in [0.3, 0.4) is 0 Å². The van der Waals surface area contributed by atoms with Crippen LogP contribution in [0.25, 0.3) is 0 Å². The van der Waals surface area contributed by atoms with E-state index in [0.717, 1.165) is 12.3 Å². The number of benzene rings is 2. The molecule has 0 unspecified atom stereocenters. The Bertz CT molecular complexity index is 1200. The van der Waals surface area contributed by atoms with Crippen molar-refractivity contribution in [1.29, 1.82) is 10.7 Å². The quantitative estimate of drug-likeness (QED) is 0.512. The zero-order valence-corrected chi connectivity index (χ0v) is 19.8. The number of fused-ring (bicyclic) bond motifs is 1. The molecule has 0 radical (unpaired) electrons. The monoisotopic (exact) mass is 481 g/mol. The second kappa shape index (κ2) is 10.5. The third-order valence-electron chi connectivity index (χ3n) is 5.45. The summed E-state index contributed by atoms with van der Waals surface area (Å²) in [7, 11) is 1.66. The highest BCUT2D eigenvalue weighted by Crippen LogP contribution is 2.38. The predicted octanol–water partition coefficient (Wildman–Crippen LogP) is 4.31. The van der Waals surface area contributed by atoms with E-state index < -0.39 is 29.6 Å². The molecule has 0 aromatic heterocycles. The number of nitrogens with zero attached hydrogens (tertiary/aromatic N) is 2. The molecule has 0 bridgehead atoms. The molecule has 0 fully saturated rings. The Labute approximate surface area is 202 Å². The van der Waals surface area contributed by atoms with Crippen LogP contribution in [0.2, 0.25) is 5.02 Å². The Hall–Kier alpha value is -3.70. The van der Waals surface area contributed by atoms with E-state index in [1.807, 2.05) is 19.9 Å². The first-order chi connectivity index (χ1) is 16.2. The maximum absolute atomic E-state index is 14.1. The van der Waals surface area contributed by atoms with E-state index in [-0.39, 0.29) is 22.1 Å². The Kier molecular flexibility index (Phi) is 7.69. The van der Waals surface area contributed by atoms with Crippen LogP contribution in [0.1, 0.15) is 41.3 Å². The first-order valence-electron chi connectivity index (χ1n) is 10.7. The van der Waals surface area contributed by atoms with Crippen molar-refractivity contribution in [2.24, 2.45) is 5.92 Å². The summed E-state index contributed by atoms with van der Waals surface area (Å²) in [6, 6.07) is 9.45. The summed E-state index contributed by atoms with van der Waals surface area (Å²) in [5, 5.41) is 23.2. The second-order valence-corrected chi connectivity index (χ2v) is 8.85. The van der Waals surface area contributed by atoms with Gasteiger partial charge < -0.3 is 20.9 Å². The molecule has 34 heavy (non-hydrogen) atoms. The number of hydrogen-bond acceptors (Lipinski definition) is 5. The molecule has 2 aromatic carbocycles. The van der Waals surface area contributed by atoms with E-state index in [1.54, 1.807) is 13.2 Å². The van der Waals surface area contributed by atoms with Gasteiger partial charge in [0.15, 0.2) is 0 Å². The highest BCUT2D eigenvalue weighted by atomic mass is 35.5. The standard InChI is InChI=1S/C25H25ClFN5O2/c1-14(2)13-32-23(16(11-29)12-30-3)22(20-5-4-18(27)9-21(20)25(32)34)24(33)31-19-7-15(10-28)6-17(26)8-19/h4-9,11-12,14,22-23,29-30H,13H2,1-3H3,(H,31,33)/b16-12+,29-11?/t22-,23+/m0/s1. The van der Waals surface area contributed by atoms with E-state index >= 15 is 0 Å². The molecule has 3 N–H and O–H groups in total. The number of nitriles is 1. The molecule has 2 amide bonds. The van der Waals surface area contributed by atoms with Gasteiger partial charge in [0, 0.05) is 47.9 Å². The van der Waals surface area contributed by atoms with Gasteiger partial charge in [-0.15, -0.1) is 0 Å². The highest BCUT2D eigenvalue weighted by molar-refractivity contribution is 6.31. The van der Waals surface area contributed by atoms with E-state index in [1.165, 1.54) is 35.2 Å². The Morgan fingerprint density at radius 1 is 1.32 bits per heavy atom. The smallest absolute Gasteiger partial charge is 0.254 e. The lowest BCUT2D eigenvalue weighted by Crippen LogP contribution is -2.53. The summed E-state index contributed by atoms with van der Waals surface area (Å²) in [6.45, 7) is 4.16. The molecule has 1 aliphatic heterocycles. The Morgan fingerprint density at radius 3 is 2.68 bits per heavy atom. The normalized spacial score (nSPS) is 17.7. The summed E-state index contributed by atoms with van der Waals surface area (Å²) in [6.07, 6.45) is 2.67. The zero-order chi connectivity index (χ0) is 25.0. The van der Waals surface area contributed by atoms with E-state index in [4.69, 9.17) is 17.0 Å². The van der Waals surface area contributed by atoms with Crippen molar-refractivity contribution in [1.82, 2.24) is 10.2 Å². The van der Waals surface area contributed by atoms with Crippen LogP contribution in [0, 0.1) is 28.5 Å². The third kappa shape index (κ3) is 5.10. The maximum atomic E-state index is 14.1. The van der Waals surface area contributed by atoms with Crippen LogP contribution < -0.4 is 10.6 Å². The minimum atomic E-state index is -0.947. The predicted molar refractivity (Wildman–Crippen MR) is 130 cm³/mol. The number of nitrogens with one attached hydrogen (secondary N) is 3. The molecule has 3 rings (SSSR count). The van der Waals surface area contributed by atoms with Crippen LogP contribution in [0.4, 0.5) is 10.1 Å². The summed E-state index contributed by atoms with van der Waals surface area (Å²) in [5.41, 5.74) is 1.47. The number of amides is 2. The number of carbonyl (C=O) groups excluding carboxylic acids is 2. The molecule has 176 valence electrons. The summed E-state index contributed by atoms with van der Waals surface area (Å²) in [4.78, 5) is 28.7. The summed E-state index contributed by atoms with van der Waals surface area (Å²) >= 11 is 6.09. The molecule has 7 nitrogen and oxygen atoms in total. The molecule has 2 aromatic rings. The van der Waals surface area contributed by atoms with Gasteiger partial charge in [-0.3, -0.25) is 9.59 Å². The molecule has 0 saturated carbocycles. The van der Waals surface area contributed by atoms with Gasteiger partial charge >= 0.3 is 0 Å². The van der Waals surface area contributed by atoms with Crippen molar-refractivity contribution < 1.29 is 14.0 Å². The molecule has 1 heterocycles. The summed E-state index contributed by atoms with van der Waals surface area (Å²) < 4.78 is 14.1. The van der Waals surface area contributed by atoms with Gasteiger partial charge in [-0.25, -0.2) is 4.39 Å². The fourth-order valence-electron chi connectivity index (χ4n) is 4.19. The van der Waals surface area contributed by atoms with Crippen LogP contribution >= 0.6 is 11.6 Å². The van der Waals surface area contributed by atoms with Gasteiger partial charge in [-0.1, -0.05) is 31.5 Å². The van der Waals surface area contributed by atoms with Crippen LogP contribution in [0.15, 0.2) is 48.2 Å². The van der Waals surface area contributed by atoms with Crippen LogP contribution in [-0.4, -0.2) is 42.6 Å². The first-order valence-corrected chi connectivity index (χ1v) is 11.1. The second-order valence-electron chi connectivity index (χ2n) is 8.41. The first kappa shape index (κ1) is 24.9. The molecule has 2 atom stereocenters. The number of halogens is 2. The molecule has 0 aliphatic carbocycles. The lowest BCUT2D eigenvalue weighted by molar-refractivity contribution is -0.118. The number of anilines is 1. The number of hydrogen-bond donors (Lipinski definition) is 3. The molecule has 9 heteroatoms. The zero-order valence-electron chi connectivity index (χ0n) is 19.0. The Morgan fingerprint density at radius 2 is 2.06 bits per heavy atom. The molecular weight excluding hydrogens is 457 g/mol. The SMILES string of the molecule is CN/C=C(\C=N)[C@@H]1[C@@H](C(=O)Nc2cc(Cl)cc(C#N)c2)c2ccc(F)cc2C(=O)N1CC(C)C. The van der Waals surface area contributed by atoms with E-state index in [0.29, 0.717) is 23.4 Å². The van der Waals surface area contributed by atoms with Crippen LogP contribution in [0.5, 0.6) is 0 Å². The number of rotatable bonds is 7. The molecule has 0 spiro atoms. The van der Waals surface area contributed by atoms with Gasteiger partial charge in [-0.2, -0.15) is 5.26 Å². The van der Waals surface area contributed by atoms with Crippen molar-refractivity contribution in [3.8, 4) is 6.07 Å². The van der Waals surface area contributed by atoms with Gasteiger partial charge in [0.25, 0.3) is 5.91 Å². The van der Waals surface area contributed by atoms with Gasteiger partial charge in [0.05, 0.1) is 23.6 Å².